The van der Waals surface area contributed by atoms with E-state index >= 15 is 0 Å². The number of imide groups is 1. The summed E-state index contributed by atoms with van der Waals surface area (Å²) < 4.78 is 13.7. The molecule has 1 aliphatic heterocycles. The van der Waals surface area contributed by atoms with Gasteiger partial charge in [-0.1, -0.05) is 30.3 Å². The minimum atomic E-state index is -0.290. The fourth-order valence-corrected chi connectivity index (χ4v) is 4.75. The molecule has 0 bridgehead atoms. The van der Waals surface area contributed by atoms with E-state index in [-0.39, 0.29) is 17.7 Å². The highest BCUT2D eigenvalue weighted by Crippen LogP contribution is 2.35. The quantitative estimate of drug-likeness (QED) is 0.205. The SMILES string of the molecule is COc1cc(/C=C2\SC(=O)N(Cc3ccc(I)cc3)C2=O)ccc1OCc1ccc(I)cc1. The average molecular weight is 683 g/mol. The predicted molar refractivity (Wildman–Crippen MR) is 147 cm³/mol. The maximum atomic E-state index is 12.9. The van der Waals surface area contributed by atoms with Gasteiger partial charge in [0, 0.05) is 7.14 Å². The first-order valence-corrected chi connectivity index (χ1v) is 13.0. The van der Waals surface area contributed by atoms with Gasteiger partial charge in [0.15, 0.2) is 11.5 Å². The van der Waals surface area contributed by atoms with Crippen LogP contribution in [0.3, 0.4) is 0 Å². The molecule has 0 unspecified atom stereocenters. The Morgan fingerprint density at radius 1 is 0.879 bits per heavy atom. The van der Waals surface area contributed by atoms with E-state index in [1.807, 2.05) is 60.7 Å². The minimum Gasteiger partial charge on any atom is -0.493 e. The normalized spacial score (nSPS) is 14.8. The number of ether oxygens (including phenoxy) is 2. The molecule has 3 aromatic rings. The Morgan fingerprint density at radius 3 is 2.15 bits per heavy atom. The van der Waals surface area contributed by atoms with E-state index in [1.54, 1.807) is 19.3 Å². The summed E-state index contributed by atoms with van der Waals surface area (Å²) >= 11 is 5.44. The van der Waals surface area contributed by atoms with Gasteiger partial charge in [0.2, 0.25) is 0 Å². The van der Waals surface area contributed by atoms with Gasteiger partial charge in [-0.3, -0.25) is 14.5 Å². The molecule has 0 aromatic heterocycles. The highest BCUT2D eigenvalue weighted by Gasteiger charge is 2.35. The van der Waals surface area contributed by atoms with Crippen molar-refractivity contribution in [3.63, 3.8) is 0 Å². The van der Waals surface area contributed by atoms with Crippen LogP contribution in [0.25, 0.3) is 6.08 Å². The number of hydrogen-bond acceptors (Lipinski definition) is 5. The first-order valence-electron chi connectivity index (χ1n) is 9.98. The highest BCUT2D eigenvalue weighted by molar-refractivity contribution is 14.1. The molecule has 0 atom stereocenters. The Kier molecular flexibility index (Phi) is 7.97. The number of methoxy groups -OCH3 is 1. The molecule has 0 spiro atoms. The van der Waals surface area contributed by atoms with Gasteiger partial charge in [-0.15, -0.1) is 0 Å². The van der Waals surface area contributed by atoms with Gasteiger partial charge in [-0.05, 0) is 116 Å². The van der Waals surface area contributed by atoms with Gasteiger partial charge in [-0.2, -0.15) is 0 Å². The van der Waals surface area contributed by atoms with Crippen molar-refractivity contribution in [2.45, 2.75) is 13.2 Å². The summed E-state index contributed by atoms with van der Waals surface area (Å²) in [7, 11) is 1.58. The van der Waals surface area contributed by atoms with Gasteiger partial charge in [0.1, 0.15) is 6.61 Å². The van der Waals surface area contributed by atoms with Crippen molar-refractivity contribution < 1.29 is 19.1 Å². The molecule has 0 saturated carbocycles. The molecule has 0 aliphatic carbocycles. The number of hydrogen-bond donors (Lipinski definition) is 0. The summed E-state index contributed by atoms with van der Waals surface area (Å²) in [4.78, 5) is 27.0. The zero-order valence-electron chi connectivity index (χ0n) is 17.6. The molecule has 33 heavy (non-hydrogen) atoms. The van der Waals surface area contributed by atoms with Gasteiger partial charge < -0.3 is 9.47 Å². The standard InChI is InChI=1S/C25H19I2NO4S/c1-31-22-12-18(6-11-21(22)32-15-17-4-9-20(27)10-5-17)13-23-24(29)28(25(30)33-23)14-16-2-7-19(26)8-3-16/h2-13H,14-15H2,1H3/b23-13-. The van der Waals surface area contributed by atoms with Crippen molar-refractivity contribution in [3.05, 3.63) is 95.5 Å². The molecule has 4 rings (SSSR count). The lowest BCUT2D eigenvalue weighted by Crippen LogP contribution is -2.27. The molecule has 1 fully saturated rings. The van der Waals surface area contributed by atoms with E-state index in [0.717, 1.165) is 32.0 Å². The van der Waals surface area contributed by atoms with Crippen molar-refractivity contribution >= 4 is 74.2 Å². The van der Waals surface area contributed by atoms with Crippen molar-refractivity contribution in [2.24, 2.45) is 0 Å². The predicted octanol–water partition coefficient (Wildman–Crippen LogP) is 6.72. The van der Waals surface area contributed by atoms with Crippen molar-refractivity contribution in [1.29, 1.82) is 0 Å². The smallest absolute Gasteiger partial charge is 0.293 e. The molecule has 0 N–H and O–H groups in total. The molecule has 1 aliphatic rings. The number of benzene rings is 3. The number of rotatable bonds is 7. The first-order chi connectivity index (χ1) is 15.9. The second kappa shape index (κ2) is 10.9. The summed E-state index contributed by atoms with van der Waals surface area (Å²) in [5, 5.41) is -0.269. The summed E-state index contributed by atoms with van der Waals surface area (Å²) in [5.74, 6) is 0.883. The van der Waals surface area contributed by atoms with E-state index in [4.69, 9.17) is 9.47 Å². The van der Waals surface area contributed by atoms with E-state index < -0.39 is 0 Å². The van der Waals surface area contributed by atoms with Crippen LogP contribution in [0.1, 0.15) is 16.7 Å². The first kappa shape index (κ1) is 24.1. The summed E-state index contributed by atoms with van der Waals surface area (Å²) in [6, 6.07) is 21.3. The molecule has 1 heterocycles. The molecule has 5 nitrogen and oxygen atoms in total. The maximum absolute atomic E-state index is 12.9. The fraction of sp³-hybridized carbons (Fsp3) is 0.120. The zero-order chi connectivity index (χ0) is 23.4. The van der Waals surface area contributed by atoms with E-state index in [9.17, 15) is 9.59 Å². The van der Waals surface area contributed by atoms with Crippen LogP contribution in [-0.2, 0) is 17.9 Å². The van der Waals surface area contributed by atoms with Gasteiger partial charge in [0.25, 0.3) is 11.1 Å². The van der Waals surface area contributed by atoms with Crippen LogP contribution in [0.5, 0.6) is 11.5 Å². The number of nitrogens with zero attached hydrogens (tertiary/aromatic N) is 1. The Hall–Kier alpha value is -2.05. The van der Waals surface area contributed by atoms with Crippen LogP contribution in [0.4, 0.5) is 4.79 Å². The van der Waals surface area contributed by atoms with Crippen LogP contribution in [0, 0.1) is 7.14 Å². The van der Waals surface area contributed by atoms with E-state index in [2.05, 4.69) is 45.2 Å². The summed E-state index contributed by atoms with van der Waals surface area (Å²) in [6.45, 7) is 0.678. The Balaban J connectivity index is 1.47. The minimum absolute atomic E-state index is 0.258. The number of thioether (sulfide) groups is 1. The molecular weight excluding hydrogens is 664 g/mol. The third kappa shape index (κ3) is 6.10. The molecule has 3 aromatic carbocycles. The van der Waals surface area contributed by atoms with Crippen molar-refractivity contribution in [2.75, 3.05) is 7.11 Å². The molecule has 8 heteroatoms. The van der Waals surface area contributed by atoms with Crippen LogP contribution in [0.15, 0.2) is 71.6 Å². The second-order valence-electron chi connectivity index (χ2n) is 7.22. The average Bonchev–Trinajstić information content (AvgIpc) is 3.07. The maximum Gasteiger partial charge on any atom is 0.293 e. The van der Waals surface area contributed by atoms with Crippen molar-refractivity contribution in [1.82, 2.24) is 4.90 Å². The molecule has 168 valence electrons. The highest BCUT2D eigenvalue weighted by atomic mass is 127. The number of halogens is 2. The summed E-state index contributed by atoms with van der Waals surface area (Å²) in [6.07, 6.45) is 1.71. The zero-order valence-corrected chi connectivity index (χ0v) is 22.7. The van der Waals surface area contributed by atoms with Crippen LogP contribution in [0.2, 0.25) is 0 Å². The molecule has 0 radical (unpaired) electrons. The Bertz CT molecular complexity index is 1210. The Labute approximate surface area is 223 Å². The third-order valence-electron chi connectivity index (χ3n) is 4.92. The fourth-order valence-electron chi connectivity index (χ4n) is 3.19. The van der Waals surface area contributed by atoms with Crippen LogP contribution < -0.4 is 9.47 Å². The number of amides is 2. The number of carbonyl (C=O) groups excluding carboxylic acids is 2. The van der Waals surface area contributed by atoms with E-state index in [0.29, 0.717) is 23.0 Å². The van der Waals surface area contributed by atoms with Gasteiger partial charge in [0.05, 0.1) is 18.6 Å². The lowest BCUT2D eigenvalue weighted by Gasteiger charge is -2.12. The Morgan fingerprint density at radius 2 is 1.52 bits per heavy atom. The van der Waals surface area contributed by atoms with E-state index in [1.165, 1.54) is 8.47 Å². The summed E-state index contributed by atoms with van der Waals surface area (Å²) in [5.41, 5.74) is 2.73. The lowest BCUT2D eigenvalue weighted by molar-refractivity contribution is -0.123. The van der Waals surface area contributed by atoms with Crippen molar-refractivity contribution in [3.8, 4) is 11.5 Å². The topological polar surface area (TPSA) is 55.8 Å². The second-order valence-corrected chi connectivity index (χ2v) is 10.7. The third-order valence-corrected chi connectivity index (χ3v) is 7.27. The van der Waals surface area contributed by atoms with Crippen LogP contribution in [-0.4, -0.2) is 23.2 Å². The monoisotopic (exact) mass is 683 g/mol. The molecule has 2 amide bonds. The molecule has 1 saturated heterocycles. The lowest BCUT2D eigenvalue weighted by atomic mass is 10.1. The number of carbonyl (C=O) groups is 2. The van der Waals surface area contributed by atoms with Gasteiger partial charge in [-0.25, -0.2) is 0 Å². The van der Waals surface area contributed by atoms with Crippen LogP contribution >= 0.6 is 56.9 Å². The largest absolute Gasteiger partial charge is 0.493 e. The molecular formula is C25H19I2NO4S. The van der Waals surface area contributed by atoms with Gasteiger partial charge >= 0.3 is 0 Å².